The van der Waals surface area contributed by atoms with Crippen molar-refractivity contribution in [3.05, 3.63) is 84.2 Å². The maximum atomic E-state index is 10.2. The highest BCUT2D eigenvalue weighted by Crippen LogP contribution is 2.35. The van der Waals surface area contributed by atoms with E-state index < -0.39 is 12.0 Å². The Labute approximate surface area is 212 Å². The van der Waals surface area contributed by atoms with Gasteiger partial charge in [0.2, 0.25) is 0 Å². The molecule has 37 heavy (non-hydrogen) atoms. The summed E-state index contributed by atoms with van der Waals surface area (Å²) in [5, 5.41) is 8.15. The first-order valence-electron chi connectivity index (χ1n) is 11.8. The maximum Gasteiger partial charge on any atom is 0.320 e. The summed E-state index contributed by atoms with van der Waals surface area (Å²) in [6.45, 7) is 1.31. The number of benzene rings is 1. The Bertz CT molecular complexity index is 1700. The lowest BCUT2D eigenvalue weighted by molar-refractivity contribution is -0.140. The first-order valence-corrected chi connectivity index (χ1v) is 11.8. The number of carbonyl (C=O) groups is 2. The largest absolute Gasteiger partial charge is 0.480 e. The van der Waals surface area contributed by atoms with E-state index >= 15 is 0 Å². The molecule has 184 valence electrons. The average molecular weight is 492 g/mol. The molecule has 5 N–H and O–H groups in total. The molecule has 8 bridgehead atoms. The topological polar surface area (TPSA) is 138 Å². The second-order valence-corrected chi connectivity index (χ2v) is 8.89. The minimum atomic E-state index is -1.13. The van der Waals surface area contributed by atoms with Crippen molar-refractivity contribution < 1.29 is 14.7 Å². The summed E-state index contributed by atoms with van der Waals surface area (Å²) in [6, 6.07) is 23.9. The second-order valence-electron chi connectivity index (χ2n) is 8.89. The van der Waals surface area contributed by atoms with Gasteiger partial charge in [-0.2, -0.15) is 0 Å². The first kappa shape index (κ1) is 23.9. The number of carboxylic acids is 1. The van der Waals surface area contributed by atoms with Crippen molar-refractivity contribution in [2.75, 3.05) is 0 Å². The van der Waals surface area contributed by atoms with Crippen molar-refractivity contribution in [1.82, 2.24) is 19.9 Å². The molecular weight excluding hydrogens is 466 g/mol. The van der Waals surface area contributed by atoms with Crippen LogP contribution in [0.2, 0.25) is 0 Å². The first-order chi connectivity index (χ1) is 17.8. The van der Waals surface area contributed by atoms with Crippen molar-refractivity contribution in [2.24, 2.45) is 5.73 Å². The monoisotopic (exact) mass is 491 g/mol. The van der Waals surface area contributed by atoms with Crippen molar-refractivity contribution in [2.45, 2.75) is 19.4 Å². The molecule has 0 aliphatic carbocycles. The van der Waals surface area contributed by atoms with Crippen LogP contribution in [0.3, 0.4) is 0 Å². The molecule has 1 aromatic carbocycles. The standard InChI is InChI=1S/C24H16N4.C5H9NO3/c1-2-4-22-21(3-1)23-13-19-9-7-17(26-19)11-15-5-6-16(25-15)12-18-8-10-20(27-18)14-24(22)28-23;1-3(7)2-4(6)5(8)9/h1-14,25-26H;4H,2,6H2,1H3,(H,8,9). The fourth-order valence-electron chi connectivity index (χ4n) is 4.16. The van der Waals surface area contributed by atoms with E-state index in [9.17, 15) is 9.59 Å². The third kappa shape index (κ3) is 5.55. The fourth-order valence-corrected chi connectivity index (χ4v) is 4.16. The Hall–Kier alpha value is -4.82. The molecule has 8 nitrogen and oxygen atoms in total. The lowest BCUT2D eigenvalue weighted by Crippen LogP contribution is -2.31. The van der Waals surface area contributed by atoms with Gasteiger partial charge in [-0.05, 0) is 67.6 Å². The third-order valence-corrected chi connectivity index (χ3v) is 5.88. The lowest BCUT2D eigenvalue weighted by atomic mass is 10.0. The Balaban J connectivity index is 0.000000270. The molecule has 8 heteroatoms. The third-order valence-electron chi connectivity index (χ3n) is 5.88. The number of carbonyl (C=O) groups excluding carboxylic acids is 1. The molecule has 2 aliphatic rings. The summed E-state index contributed by atoms with van der Waals surface area (Å²) < 4.78 is 0. The number of aliphatic carboxylic acids is 1. The van der Waals surface area contributed by atoms with Crippen LogP contribution in [0.25, 0.3) is 56.7 Å². The van der Waals surface area contributed by atoms with Crippen LogP contribution in [-0.2, 0) is 9.59 Å². The smallest absolute Gasteiger partial charge is 0.320 e. The molecule has 0 saturated heterocycles. The highest BCUT2D eigenvalue weighted by molar-refractivity contribution is 5.87. The summed E-state index contributed by atoms with van der Waals surface area (Å²) in [6.07, 6.45) is 3.97. The fraction of sp³-hybridized carbons (Fsp3) is 0.103. The molecule has 0 radical (unpaired) electrons. The molecule has 0 amide bonds. The molecule has 4 aromatic rings. The van der Waals surface area contributed by atoms with E-state index in [1.807, 2.05) is 12.2 Å². The number of ketones is 1. The van der Waals surface area contributed by atoms with E-state index in [-0.39, 0.29) is 12.2 Å². The van der Waals surface area contributed by atoms with Crippen LogP contribution >= 0.6 is 0 Å². The van der Waals surface area contributed by atoms with E-state index in [2.05, 4.69) is 82.8 Å². The van der Waals surface area contributed by atoms with Crippen LogP contribution in [-0.4, -0.2) is 42.8 Å². The van der Waals surface area contributed by atoms with Gasteiger partial charge >= 0.3 is 5.97 Å². The molecule has 0 saturated carbocycles. The number of nitrogens with two attached hydrogens (primary N) is 1. The maximum absolute atomic E-state index is 10.2. The average Bonchev–Trinajstić information content (AvgIpc) is 3.65. The summed E-state index contributed by atoms with van der Waals surface area (Å²) in [7, 11) is 0. The van der Waals surface area contributed by atoms with Gasteiger partial charge in [0.1, 0.15) is 11.8 Å². The van der Waals surface area contributed by atoms with Crippen LogP contribution in [0, 0.1) is 0 Å². The number of hydrogen-bond donors (Lipinski definition) is 4. The van der Waals surface area contributed by atoms with Crippen molar-refractivity contribution in [3.8, 4) is 22.5 Å². The minimum Gasteiger partial charge on any atom is -0.480 e. The molecule has 1 unspecified atom stereocenters. The predicted molar refractivity (Wildman–Crippen MR) is 145 cm³/mol. The molecule has 6 rings (SSSR count). The number of nitrogens with one attached hydrogen (secondary N) is 2. The van der Waals surface area contributed by atoms with E-state index in [0.29, 0.717) is 0 Å². The van der Waals surface area contributed by atoms with Crippen molar-refractivity contribution in [1.29, 1.82) is 0 Å². The summed E-state index contributed by atoms with van der Waals surface area (Å²) in [5.74, 6) is -1.34. The van der Waals surface area contributed by atoms with Crippen LogP contribution in [0.4, 0.5) is 0 Å². The SMILES string of the molecule is C1=Cc2cc3ccc(cc4ccc(cc5nc(cc1n2)-c1ccccc1-5)[nH]4)[nH]3.CC(=O)CC(N)C(=O)O. The molecular formula is C29H25N5O3. The Kier molecular flexibility index (Phi) is 6.49. The number of rotatable bonds is 3. The number of aromatic amines is 2. The number of hydrogen-bond acceptors (Lipinski definition) is 5. The van der Waals surface area contributed by atoms with E-state index in [1.165, 1.54) is 6.92 Å². The Morgan fingerprint density at radius 2 is 1.30 bits per heavy atom. The van der Waals surface area contributed by atoms with Gasteiger partial charge in [-0.1, -0.05) is 24.3 Å². The Morgan fingerprint density at radius 3 is 1.84 bits per heavy atom. The van der Waals surface area contributed by atoms with E-state index in [4.69, 9.17) is 20.8 Å². The van der Waals surface area contributed by atoms with Gasteiger partial charge in [0.15, 0.2) is 0 Å². The molecule has 0 fully saturated rings. The van der Waals surface area contributed by atoms with Gasteiger partial charge in [-0.15, -0.1) is 0 Å². The van der Waals surface area contributed by atoms with Gasteiger partial charge in [0, 0.05) is 39.6 Å². The van der Waals surface area contributed by atoms with Crippen molar-refractivity contribution in [3.63, 3.8) is 0 Å². The molecule has 1 atom stereocenters. The zero-order chi connectivity index (χ0) is 25.9. The van der Waals surface area contributed by atoms with Crippen molar-refractivity contribution >= 4 is 46.0 Å². The van der Waals surface area contributed by atoms with Crippen LogP contribution < -0.4 is 5.73 Å². The van der Waals surface area contributed by atoms with Gasteiger partial charge in [0.25, 0.3) is 0 Å². The number of Topliss-reactive ketones (excluding diaryl/α,β-unsaturated/α-hetero) is 1. The number of fused-ring (bicyclic) bond motifs is 11. The minimum absolute atomic E-state index is 0.0880. The second kappa shape index (κ2) is 10.0. The Morgan fingerprint density at radius 1 is 0.784 bits per heavy atom. The zero-order valence-corrected chi connectivity index (χ0v) is 20.1. The summed E-state index contributed by atoms with van der Waals surface area (Å²) >= 11 is 0. The van der Waals surface area contributed by atoms with Gasteiger partial charge < -0.3 is 20.8 Å². The molecule has 3 aromatic heterocycles. The van der Waals surface area contributed by atoms with E-state index in [0.717, 1.165) is 56.0 Å². The highest BCUT2D eigenvalue weighted by Gasteiger charge is 2.15. The van der Waals surface area contributed by atoms with Gasteiger partial charge in [0.05, 0.1) is 22.8 Å². The van der Waals surface area contributed by atoms with E-state index in [1.54, 1.807) is 0 Å². The zero-order valence-electron chi connectivity index (χ0n) is 20.1. The number of nitrogens with zero attached hydrogens (tertiary/aromatic N) is 2. The summed E-state index contributed by atoms with van der Waals surface area (Å²) in [4.78, 5) is 36.7. The van der Waals surface area contributed by atoms with Crippen LogP contribution in [0.15, 0.2) is 72.8 Å². The molecule has 5 heterocycles. The molecule has 0 spiro atoms. The quantitative estimate of drug-likeness (QED) is 0.269. The predicted octanol–water partition coefficient (Wildman–Crippen LogP) is 5.20. The summed E-state index contributed by atoms with van der Waals surface area (Å²) in [5.41, 5.74) is 15.2. The van der Waals surface area contributed by atoms with Crippen LogP contribution in [0.1, 0.15) is 24.7 Å². The number of aromatic nitrogens is 4. The van der Waals surface area contributed by atoms with Gasteiger partial charge in [-0.25, -0.2) is 9.97 Å². The number of H-pyrrole nitrogens is 2. The van der Waals surface area contributed by atoms with Gasteiger partial charge in [-0.3, -0.25) is 9.59 Å². The lowest BCUT2D eigenvalue weighted by Gasteiger charge is -2.00. The normalized spacial score (nSPS) is 12.3. The number of carboxylic acid groups (broad SMARTS) is 1. The molecule has 2 aliphatic heterocycles. The highest BCUT2D eigenvalue weighted by atomic mass is 16.4. The van der Waals surface area contributed by atoms with Crippen LogP contribution in [0.5, 0.6) is 0 Å².